The molecule has 3 N–H and O–H groups in total. The highest BCUT2D eigenvalue weighted by atomic mass is 16.5. The molecule has 1 rings (SSSR count). The molecule has 1 aromatic heterocycles. The number of unbranched alkanes of at least 4 members (excludes halogenated alkanes) is 1. The van der Waals surface area contributed by atoms with Gasteiger partial charge in [-0.05, 0) is 39.3 Å². The summed E-state index contributed by atoms with van der Waals surface area (Å²) in [6.45, 7) is 9.55. The minimum Gasteiger partial charge on any atom is -0.470 e. The van der Waals surface area contributed by atoms with Crippen molar-refractivity contribution in [2.24, 2.45) is 0 Å². The standard InChI is InChI=1S/C15H27N3O2/c1-5-6-9-18(10-11-19)13-8-7-12(16)14(17-13)20-15(2,3)4/h7-8,19H,5-6,9-11,16H2,1-4H3. The zero-order valence-electron chi connectivity index (χ0n) is 13.0. The van der Waals surface area contributed by atoms with E-state index in [-0.39, 0.29) is 12.2 Å². The number of nitrogen functional groups attached to an aromatic ring is 1. The summed E-state index contributed by atoms with van der Waals surface area (Å²) in [4.78, 5) is 6.55. The molecule has 0 aliphatic rings. The third kappa shape index (κ3) is 5.25. The molecular formula is C15H27N3O2. The Morgan fingerprint density at radius 2 is 2.00 bits per heavy atom. The Morgan fingerprint density at radius 1 is 1.30 bits per heavy atom. The van der Waals surface area contributed by atoms with Crippen LogP contribution in [-0.4, -0.2) is 35.4 Å². The van der Waals surface area contributed by atoms with E-state index >= 15 is 0 Å². The fourth-order valence-electron chi connectivity index (χ4n) is 1.80. The van der Waals surface area contributed by atoms with Gasteiger partial charge in [0.1, 0.15) is 11.4 Å². The highest BCUT2D eigenvalue weighted by Gasteiger charge is 2.17. The largest absolute Gasteiger partial charge is 0.470 e. The van der Waals surface area contributed by atoms with E-state index in [0.717, 1.165) is 25.2 Å². The second kappa shape index (κ2) is 7.33. The Balaban J connectivity index is 2.95. The van der Waals surface area contributed by atoms with Crippen molar-refractivity contribution in [2.45, 2.75) is 46.1 Å². The van der Waals surface area contributed by atoms with Gasteiger partial charge in [0.25, 0.3) is 0 Å². The van der Waals surface area contributed by atoms with Crippen LogP contribution in [0.5, 0.6) is 5.88 Å². The summed E-state index contributed by atoms with van der Waals surface area (Å²) >= 11 is 0. The van der Waals surface area contributed by atoms with Crippen LogP contribution in [0.3, 0.4) is 0 Å². The molecule has 0 saturated heterocycles. The van der Waals surface area contributed by atoms with Crippen LogP contribution in [0.1, 0.15) is 40.5 Å². The van der Waals surface area contributed by atoms with Gasteiger partial charge in [-0.15, -0.1) is 0 Å². The van der Waals surface area contributed by atoms with E-state index in [4.69, 9.17) is 10.5 Å². The smallest absolute Gasteiger partial charge is 0.239 e. The van der Waals surface area contributed by atoms with Gasteiger partial charge in [-0.1, -0.05) is 13.3 Å². The molecule has 0 amide bonds. The van der Waals surface area contributed by atoms with Crippen molar-refractivity contribution < 1.29 is 9.84 Å². The number of ether oxygens (including phenoxy) is 1. The van der Waals surface area contributed by atoms with Crippen LogP contribution in [0, 0.1) is 0 Å². The van der Waals surface area contributed by atoms with Crippen molar-refractivity contribution in [3.63, 3.8) is 0 Å². The minimum atomic E-state index is -0.342. The van der Waals surface area contributed by atoms with E-state index in [0.29, 0.717) is 18.1 Å². The molecule has 1 aromatic rings. The maximum Gasteiger partial charge on any atom is 0.239 e. The van der Waals surface area contributed by atoms with Crippen LogP contribution < -0.4 is 15.4 Å². The van der Waals surface area contributed by atoms with E-state index in [1.807, 2.05) is 26.8 Å². The molecule has 0 fully saturated rings. The van der Waals surface area contributed by atoms with Crippen molar-refractivity contribution in [3.8, 4) is 5.88 Å². The average molecular weight is 281 g/mol. The van der Waals surface area contributed by atoms with Gasteiger partial charge in [0.15, 0.2) is 0 Å². The van der Waals surface area contributed by atoms with E-state index in [9.17, 15) is 5.11 Å². The van der Waals surface area contributed by atoms with Crippen LogP contribution in [0.4, 0.5) is 11.5 Å². The molecule has 114 valence electrons. The molecule has 0 aromatic carbocycles. The third-order valence-electron chi connectivity index (χ3n) is 2.75. The Morgan fingerprint density at radius 3 is 2.55 bits per heavy atom. The second-order valence-electron chi connectivity index (χ2n) is 5.84. The summed E-state index contributed by atoms with van der Waals surface area (Å²) in [6.07, 6.45) is 2.16. The Bertz CT molecular complexity index is 416. The number of pyridine rings is 1. The Kier molecular flexibility index (Phi) is 6.07. The molecule has 5 nitrogen and oxygen atoms in total. The third-order valence-corrected chi connectivity index (χ3v) is 2.75. The molecule has 0 radical (unpaired) electrons. The van der Waals surface area contributed by atoms with Gasteiger partial charge in [-0.3, -0.25) is 0 Å². The lowest BCUT2D eigenvalue weighted by atomic mass is 10.2. The maximum atomic E-state index is 9.18. The summed E-state index contributed by atoms with van der Waals surface area (Å²) in [5, 5.41) is 9.18. The van der Waals surface area contributed by atoms with E-state index in [2.05, 4.69) is 16.8 Å². The number of anilines is 2. The van der Waals surface area contributed by atoms with Crippen LogP contribution in [0.2, 0.25) is 0 Å². The monoisotopic (exact) mass is 281 g/mol. The van der Waals surface area contributed by atoms with E-state index in [1.54, 1.807) is 6.07 Å². The second-order valence-corrected chi connectivity index (χ2v) is 5.84. The van der Waals surface area contributed by atoms with Gasteiger partial charge in [0, 0.05) is 13.1 Å². The van der Waals surface area contributed by atoms with Crippen LogP contribution in [0.25, 0.3) is 0 Å². The van der Waals surface area contributed by atoms with Gasteiger partial charge >= 0.3 is 0 Å². The van der Waals surface area contributed by atoms with Crippen LogP contribution in [0.15, 0.2) is 12.1 Å². The predicted octanol–water partition coefficient (Wildman–Crippen LogP) is 2.44. The quantitative estimate of drug-likeness (QED) is 0.803. The molecule has 0 saturated carbocycles. The number of aromatic nitrogens is 1. The van der Waals surface area contributed by atoms with Gasteiger partial charge in [0.05, 0.1) is 12.3 Å². The van der Waals surface area contributed by atoms with Crippen molar-refractivity contribution in [2.75, 3.05) is 30.3 Å². The summed E-state index contributed by atoms with van der Waals surface area (Å²) < 4.78 is 5.78. The first-order chi connectivity index (χ1) is 9.37. The molecule has 5 heteroatoms. The number of rotatable bonds is 7. The Labute approximate surface area is 121 Å². The van der Waals surface area contributed by atoms with Crippen molar-refractivity contribution in [3.05, 3.63) is 12.1 Å². The molecular weight excluding hydrogens is 254 g/mol. The average Bonchev–Trinajstić information content (AvgIpc) is 2.35. The molecule has 0 atom stereocenters. The van der Waals surface area contributed by atoms with Crippen molar-refractivity contribution in [1.82, 2.24) is 4.98 Å². The van der Waals surface area contributed by atoms with Gasteiger partial charge in [-0.2, -0.15) is 4.98 Å². The molecule has 0 aliphatic heterocycles. The Hall–Kier alpha value is -1.49. The zero-order valence-corrected chi connectivity index (χ0v) is 13.0. The van der Waals surface area contributed by atoms with Crippen LogP contribution >= 0.6 is 0 Å². The highest BCUT2D eigenvalue weighted by Crippen LogP contribution is 2.26. The molecule has 0 aliphatic carbocycles. The molecule has 1 heterocycles. The highest BCUT2D eigenvalue weighted by molar-refractivity contribution is 5.54. The lowest BCUT2D eigenvalue weighted by molar-refractivity contribution is 0.125. The number of hydrogen-bond acceptors (Lipinski definition) is 5. The molecule has 20 heavy (non-hydrogen) atoms. The SMILES string of the molecule is CCCCN(CCO)c1ccc(N)c(OC(C)(C)C)n1. The van der Waals surface area contributed by atoms with Gasteiger partial charge in [0.2, 0.25) is 5.88 Å². The lowest BCUT2D eigenvalue weighted by Gasteiger charge is -2.25. The number of hydrogen-bond donors (Lipinski definition) is 2. The first-order valence-electron chi connectivity index (χ1n) is 7.18. The van der Waals surface area contributed by atoms with Crippen molar-refractivity contribution in [1.29, 1.82) is 0 Å². The molecule has 0 unspecified atom stereocenters. The minimum absolute atomic E-state index is 0.102. The van der Waals surface area contributed by atoms with Gasteiger partial charge in [-0.25, -0.2) is 0 Å². The molecule has 0 bridgehead atoms. The number of aliphatic hydroxyl groups is 1. The number of aliphatic hydroxyl groups excluding tert-OH is 1. The van der Waals surface area contributed by atoms with Gasteiger partial charge < -0.3 is 20.5 Å². The number of nitrogens with two attached hydrogens (primary N) is 1. The van der Waals surface area contributed by atoms with Crippen LogP contribution in [-0.2, 0) is 0 Å². The topological polar surface area (TPSA) is 71.6 Å². The maximum absolute atomic E-state index is 9.18. The zero-order chi connectivity index (χ0) is 15.2. The summed E-state index contributed by atoms with van der Waals surface area (Å²) in [5.74, 6) is 1.25. The first-order valence-corrected chi connectivity index (χ1v) is 7.18. The normalized spacial score (nSPS) is 11.4. The predicted molar refractivity (Wildman–Crippen MR) is 83.2 cm³/mol. The van der Waals surface area contributed by atoms with E-state index in [1.165, 1.54) is 0 Å². The summed E-state index contributed by atoms with van der Waals surface area (Å²) in [5.41, 5.74) is 6.10. The van der Waals surface area contributed by atoms with Crippen molar-refractivity contribution >= 4 is 11.5 Å². The first kappa shape index (κ1) is 16.6. The lowest BCUT2D eigenvalue weighted by Crippen LogP contribution is -2.29. The summed E-state index contributed by atoms with van der Waals surface area (Å²) in [7, 11) is 0. The fraction of sp³-hybridized carbons (Fsp3) is 0.667. The summed E-state index contributed by atoms with van der Waals surface area (Å²) in [6, 6.07) is 3.68. The fourth-order valence-corrected chi connectivity index (χ4v) is 1.80. The molecule has 0 spiro atoms. The number of nitrogens with zero attached hydrogens (tertiary/aromatic N) is 2. The van der Waals surface area contributed by atoms with E-state index < -0.39 is 0 Å².